The molecule has 0 bridgehead atoms. The Balaban J connectivity index is 1.65. The smallest absolute Gasteiger partial charge is 0.227 e. The Hall–Kier alpha value is -1.65. The fraction of sp³-hybridized carbons (Fsp3) is 0.706. The monoisotopic (exact) mass is 302 g/mol. The van der Waals surface area contributed by atoms with Gasteiger partial charge in [-0.2, -0.15) is 0 Å². The van der Waals surface area contributed by atoms with E-state index in [0.717, 1.165) is 45.0 Å². The number of carbonyl (C=O) groups is 1. The van der Waals surface area contributed by atoms with E-state index >= 15 is 0 Å². The molecule has 1 amide bonds. The van der Waals surface area contributed by atoms with Crippen molar-refractivity contribution in [2.45, 2.75) is 33.1 Å². The maximum absolute atomic E-state index is 12.9. The summed E-state index contributed by atoms with van der Waals surface area (Å²) in [5.74, 6) is 2.41. The molecule has 0 unspecified atom stereocenters. The molecular weight excluding hydrogens is 276 g/mol. The number of amides is 1. The van der Waals surface area contributed by atoms with E-state index in [9.17, 15) is 4.79 Å². The zero-order valence-corrected chi connectivity index (χ0v) is 13.6. The van der Waals surface area contributed by atoms with Crippen LogP contribution in [0, 0.1) is 17.8 Å². The highest BCUT2D eigenvalue weighted by atomic mass is 16.2. The van der Waals surface area contributed by atoms with Crippen molar-refractivity contribution in [1.82, 2.24) is 14.9 Å². The molecule has 22 heavy (non-hydrogen) atoms. The number of anilines is 1. The summed E-state index contributed by atoms with van der Waals surface area (Å²) < 4.78 is 0. The average molecular weight is 302 g/mol. The zero-order chi connectivity index (χ0) is 15.5. The molecule has 2 saturated heterocycles. The number of nitrogens with zero attached hydrogens (tertiary/aromatic N) is 4. The zero-order valence-electron chi connectivity index (χ0n) is 13.6. The molecule has 2 fully saturated rings. The molecule has 5 heteroatoms. The summed E-state index contributed by atoms with van der Waals surface area (Å²) in [5, 5.41) is 0. The lowest BCUT2D eigenvalue weighted by Crippen LogP contribution is -2.49. The predicted octanol–water partition coefficient (Wildman–Crippen LogP) is 2.20. The van der Waals surface area contributed by atoms with Crippen molar-refractivity contribution in [2.75, 3.05) is 31.1 Å². The maximum Gasteiger partial charge on any atom is 0.227 e. The molecule has 3 atom stereocenters. The van der Waals surface area contributed by atoms with E-state index < -0.39 is 0 Å². The van der Waals surface area contributed by atoms with Crippen LogP contribution in [-0.4, -0.2) is 47.0 Å². The molecule has 2 aliphatic heterocycles. The van der Waals surface area contributed by atoms with Crippen molar-refractivity contribution in [3.63, 3.8) is 0 Å². The quantitative estimate of drug-likeness (QED) is 0.840. The van der Waals surface area contributed by atoms with E-state index in [1.165, 1.54) is 6.42 Å². The standard InChI is InChI=1S/C17H26N4O/c1-13-9-14(2)11-21(10-13)16(22)15-5-3-8-20(12-15)17-18-6-4-7-19-17/h4,6-7,13-15H,3,5,8-12H2,1-2H3/t13-,14-,15+/m1/s1. The first-order valence-corrected chi connectivity index (χ1v) is 8.44. The minimum absolute atomic E-state index is 0.0926. The number of rotatable bonds is 2. The van der Waals surface area contributed by atoms with E-state index in [1.54, 1.807) is 12.4 Å². The first kappa shape index (κ1) is 15.3. The Bertz CT molecular complexity index is 497. The van der Waals surface area contributed by atoms with Gasteiger partial charge in [0.2, 0.25) is 11.9 Å². The van der Waals surface area contributed by atoms with Gasteiger partial charge in [0.25, 0.3) is 0 Å². The Morgan fingerprint density at radius 3 is 2.50 bits per heavy atom. The molecule has 0 spiro atoms. The van der Waals surface area contributed by atoms with Crippen LogP contribution < -0.4 is 4.90 Å². The van der Waals surface area contributed by atoms with E-state index in [-0.39, 0.29) is 5.92 Å². The van der Waals surface area contributed by atoms with Crippen LogP contribution >= 0.6 is 0 Å². The van der Waals surface area contributed by atoms with Gasteiger partial charge in [-0.15, -0.1) is 0 Å². The molecule has 1 aromatic heterocycles. The maximum atomic E-state index is 12.9. The second-order valence-electron chi connectivity index (χ2n) is 7.02. The van der Waals surface area contributed by atoms with Gasteiger partial charge in [-0.1, -0.05) is 13.8 Å². The summed E-state index contributed by atoms with van der Waals surface area (Å²) in [6.45, 7) is 8.04. The summed E-state index contributed by atoms with van der Waals surface area (Å²) in [6, 6.07) is 1.83. The fourth-order valence-corrected chi connectivity index (χ4v) is 3.92. The topological polar surface area (TPSA) is 49.3 Å². The van der Waals surface area contributed by atoms with Crippen LogP contribution in [0.4, 0.5) is 5.95 Å². The van der Waals surface area contributed by atoms with Crippen LogP contribution in [0.3, 0.4) is 0 Å². The van der Waals surface area contributed by atoms with Gasteiger partial charge >= 0.3 is 0 Å². The third-order valence-electron chi connectivity index (χ3n) is 4.79. The van der Waals surface area contributed by atoms with E-state index in [4.69, 9.17) is 0 Å². The molecule has 3 heterocycles. The summed E-state index contributed by atoms with van der Waals surface area (Å²) in [5.41, 5.74) is 0. The van der Waals surface area contributed by atoms with Crippen molar-refractivity contribution in [3.8, 4) is 0 Å². The van der Waals surface area contributed by atoms with Gasteiger partial charge in [-0.05, 0) is 37.2 Å². The normalized spacial score (nSPS) is 29.5. The average Bonchev–Trinajstić information content (AvgIpc) is 2.54. The van der Waals surface area contributed by atoms with Crippen LogP contribution in [0.5, 0.6) is 0 Å². The minimum Gasteiger partial charge on any atom is -0.342 e. The number of aromatic nitrogens is 2. The largest absolute Gasteiger partial charge is 0.342 e. The summed E-state index contributed by atoms with van der Waals surface area (Å²) in [4.78, 5) is 25.8. The molecule has 5 nitrogen and oxygen atoms in total. The number of piperidine rings is 2. The minimum atomic E-state index is 0.0926. The molecular formula is C17H26N4O. The molecule has 120 valence electrons. The molecule has 2 aliphatic rings. The molecule has 0 N–H and O–H groups in total. The highest BCUT2D eigenvalue weighted by Gasteiger charge is 2.33. The second-order valence-corrected chi connectivity index (χ2v) is 7.02. The van der Waals surface area contributed by atoms with Gasteiger partial charge in [-0.25, -0.2) is 9.97 Å². The molecule has 1 aromatic rings. The molecule has 0 saturated carbocycles. The van der Waals surface area contributed by atoms with Crippen LogP contribution in [0.15, 0.2) is 18.5 Å². The van der Waals surface area contributed by atoms with Crippen molar-refractivity contribution >= 4 is 11.9 Å². The molecule has 0 aromatic carbocycles. The summed E-state index contributed by atoms with van der Waals surface area (Å²) in [7, 11) is 0. The number of hydrogen-bond donors (Lipinski definition) is 0. The Kier molecular flexibility index (Phi) is 4.60. The predicted molar refractivity (Wildman–Crippen MR) is 86.5 cm³/mol. The fourth-order valence-electron chi connectivity index (χ4n) is 3.92. The Morgan fingerprint density at radius 1 is 1.14 bits per heavy atom. The van der Waals surface area contributed by atoms with Gasteiger partial charge in [0.15, 0.2) is 0 Å². The molecule has 0 aliphatic carbocycles. The summed E-state index contributed by atoms with van der Waals surface area (Å²) in [6.07, 6.45) is 6.79. The van der Waals surface area contributed by atoms with Gasteiger partial charge in [-0.3, -0.25) is 4.79 Å². The van der Waals surface area contributed by atoms with Crippen molar-refractivity contribution < 1.29 is 4.79 Å². The van der Waals surface area contributed by atoms with Crippen LogP contribution in [0.2, 0.25) is 0 Å². The van der Waals surface area contributed by atoms with E-state index in [1.807, 2.05) is 6.07 Å². The lowest BCUT2D eigenvalue weighted by molar-refractivity contribution is -0.138. The number of likely N-dealkylation sites (tertiary alicyclic amines) is 1. The van der Waals surface area contributed by atoms with Crippen molar-refractivity contribution in [1.29, 1.82) is 0 Å². The van der Waals surface area contributed by atoms with Gasteiger partial charge in [0.1, 0.15) is 0 Å². The number of carbonyl (C=O) groups excluding carboxylic acids is 1. The van der Waals surface area contributed by atoms with E-state index in [0.29, 0.717) is 17.7 Å². The first-order chi connectivity index (χ1) is 10.6. The third-order valence-corrected chi connectivity index (χ3v) is 4.79. The third kappa shape index (κ3) is 3.39. The van der Waals surface area contributed by atoms with Crippen LogP contribution in [0.25, 0.3) is 0 Å². The molecule has 0 radical (unpaired) electrons. The lowest BCUT2D eigenvalue weighted by Gasteiger charge is -2.39. The Labute approximate surface area is 132 Å². The highest BCUT2D eigenvalue weighted by molar-refractivity contribution is 5.79. The SMILES string of the molecule is C[C@@H]1C[C@@H](C)CN(C(=O)[C@H]2CCCN(c3ncccn3)C2)C1. The van der Waals surface area contributed by atoms with Crippen molar-refractivity contribution in [3.05, 3.63) is 18.5 Å². The lowest BCUT2D eigenvalue weighted by atomic mass is 9.89. The van der Waals surface area contributed by atoms with E-state index in [2.05, 4.69) is 33.6 Å². The van der Waals surface area contributed by atoms with Gasteiger partial charge < -0.3 is 9.80 Å². The highest BCUT2D eigenvalue weighted by Crippen LogP contribution is 2.26. The van der Waals surface area contributed by atoms with Crippen LogP contribution in [0.1, 0.15) is 33.1 Å². The van der Waals surface area contributed by atoms with Gasteiger partial charge in [0, 0.05) is 38.6 Å². The first-order valence-electron chi connectivity index (χ1n) is 8.44. The summed E-state index contributed by atoms with van der Waals surface area (Å²) >= 11 is 0. The second kappa shape index (κ2) is 6.63. The number of hydrogen-bond acceptors (Lipinski definition) is 4. The Morgan fingerprint density at radius 2 is 1.82 bits per heavy atom. The van der Waals surface area contributed by atoms with Gasteiger partial charge in [0.05, 0.1) is 5.92 Å². The molecule has 3 rings (SSSR count). The van der Waals surface area contributed by atoms with Crippen LogP contribution in [-0.2, 0) is 4.79 Å². The van der Waals surface area contributed by atoms with Crippen molar-refractivity contribution in [2.24, 2.45) is 17.8 Å².